The summed E-state index contributed by atoms with van der Waals surface area (Å²) in [4.78, 5) is 13.9. The maximum absolute atomic E-state index is 14.1. The summed E-state index contributed by atoms with van der Waals surface area (Å²) in [5, 5.41) is 9.18. The molecule has 0 radical (unpaired) electrons. The third-order valence-electron chi connectivity index (χ3n) is 3.22. The summed E-state index contributed by atoms with van der Waals surface area (Å²) in [7, 11) is 0. The highest BCUT2D eigenvalue weighted by Gasteiger charge is 2.22. The quantitative estimate of drug-likeness (QED) is 0.849. The van der Waals surface area contributed by atoms with Crippen LogP contribution in [0.15, 0.2) is 42.5 Å². The zero-order valence-electron chi connectivity index (χ0n) is 11.7. The lowest BCUT2D eigenvalue weighted by molar-refractivity contribution is 0.0977. The molecule has 5 heteroatoms. The molecule has 0 atom stereocenters. The van der Waals surface area contributed by atoms with E-state index < -0.39 is 11.7 Å². The number of para-hydroxylation sites is 2. The summed E-state index contributed by atoms with van der Waals surface area (Å²) in [6, 6.07) is 11.4. The molecule has 110 valence electrons. The minimum absolute atomic E-state index is 0.0355. The number of benzene rings is 2. The third kappa shape index (κ3) is 3.03. The number of aryl methyl sites for hydroxylation is 1. The molecule has 0 aliphatic heterocycles. The molecule has 0 bridgehead atoms. The van der Waals surface area contributed by atoms with E-state index in [0.717, 1.165) is 0 Å². The molecular weight excluding hydrogens is 271 g/mol. The fourth-order valence-electron chi connectivity index (χ4n) is 2.12. The third-order valence-corrected chi connectivity index (χ3v) is 3.22. The van der Waals surface area contributed by atoms with Gasteiger partial charge in [-0.3, -0.25) is 4.79 Å². The lowest BCUT2D eigenvalue weighted by Crippen LogP contribution is -2.34. The van der Waals surface area contributed by atoms with Gasteiger partial charge >= 0.3 is 0 Å². The number of hydrogen-bond acceptors (Lipinski definition) is 3. The number of aliphatic hydroxyl groups excluding tert-OH is 1. The number of rotatable bonds is 4. The number of nitrogens with two attached hydrogens (primary N) is 1. The van der Waals surface area contributed by atoms with E-state index >= 15 is 0 Å². The van der Waals surface area contributed by atoms with Gasteiger partial charge in [0.1, 0.15) is 5.82 Å². The SMILES string of the molecule is Cc1cccc(C(=O)N(CCO)c2ccccc2N)c1F. The molecule has 3 N–H and O–H groups in total. The Hall–Kier alpha value is -2.40. The highest BCUT2D eigenvalue weighted by Crippen LogP contribution is 2.25. The van der Waals surface area contributed by atoms with Crippen LogP contribution in [0.3, 0.4) is 0 Å². The highest BCUT2D eigenvalue weighted by molar-refractivity contribution is 6.07. The van der Waals surface area contributed by atoms with Crippen molar-refractivity contribution in [3.63, 3.8) is 0 Å². The molecule has 0 saturated carbocycles. The Morgan fingerprint density at radius 1 is 1.24 bits per heavy atom. The number of amides is 1. The van der Waals surface area contributed by atoms with Crippen LogP contribution < -0.4 is 10.6 Å². The summed E-state index contributed by atoms with van der Waals surface area (Å²) in [5.74, 6) is -1.08. The molecule has 1 amide bonds. The predicted molar refractivity (Wildman–Crippen MR) is 80.8 cm³/mol. The van der Waals surface area contributed by atoms with Crippen LogP contribution in [-0.2, 0) is 0 Å². The van der Waals surface area contributed by atoms with Gasteiger partial charge in [0.05, 0.1) is 23.5 Å². The van der Waals surface area contributed by atoms with Crippen molar-refractivity contribution in [1.29, 1.82) is 0 Å². The highest BCUT2D eigenvalue weighted by atomic mass is 19.1. The first-order chi connectivity index (χ1) is 10.1. The molecule has 0 aromatic heterocycles. The van der Waals surface area contributed by atoms with Crippen LogP contribution in [0, 0.1) is 12.7 Å². The van der Waals surface area contributed by atoms with E-state index in [-0.39, 0.29) is 18.7 Å². The number of hydrogen-bond donors (Lipinski definition) is 2. The molecule has 4 nitrogen and oxygen atoms in total. The van der Waals surface area contributed by atoms with Gasteiger partial charge in [0.15, 0.2) is 0 Å². The van der Waals surface area contributed by atoms with Crippen LogP contribution in [0.25, 0.3) is 0 Å². The van der Waals surface area contributed by atoms with Gasteiger partial charge in [0, 0.05) is 6.54 Å². The topological polar surface area (TPSA) is 66.6 Å². The average molecular weight is 288 g/mol. The van der Waals surface area contributed by atoms with E-state index in [9.17, 15) is 14.3 Å². The fraction of sp³-hybridized carbons (Fsp3) is 0.188. The largest absolute Gasteiger partial charge is 0.397 e. The van der Waals surface area contributed by atoms with Crippen molar-refractivity contribution in [2.45, 2.75) is 6.92 Å². The van der Waals surface area contributed by atoms with Crippen LogP contribution in [-0.4, -0.2) is 24.2 Å². The summed E-state index contributed by atoms with van der Waals surface area (Å²) >= 11 is 0. The lowest BCUT2D eigenvalue weighted by atomic mass is 10.1. The fourth-order valence-corrected chi connectivity index (χ4v) is 2.12. The monoisotopic (exact) mass is 288 g/mol. The second kappa shape index (κ2) is 6.37. The average Bonchev–Trinajstić information content (AvgIpc) is 2.48. The standard InChI is InChI=1S/C16H17FN2O2/c1-11-5-4-6-12(15(11)17)16(21)19(9-10-20)14-8-3-2-7-13(14)18/h2-8,20H,9-10,18H2,1H3. The molecule has 2 rings (SSSR count). The Kier molecular flexibility index (Phi) is 4.55. The van der Waals surface area contributed by atoms with Crippen LogP contribution in [0.5, 0.6) is 0 Å². The molecule has 0 heterocycles. The minimum atomic E-state index is -0.556. The zero-order valence-corrected chi connectivity index (χ0v) is 11.7. The molecule has 0 aliphatic carbocycles. The normalized spacial score (nSPS) is 10.4. The van der Waals surface area contributed by atoms with Crippen molar-refractivity contribution in [3.05, 3.63) is 59.4 Å². The molecule has 0 fully saturated rings. The summed E-state index contributed by atoms with van der Waals surface area (Å²) in [6.45, 7) is 1.40. The molecule has 0 spiro atoms. The van der Waals surface area contributed by atoms with Gasteiger partial charge in [0.2, 0.25) is 0 Å². The molecule has 0 aliphatic rings. The van der Waals surface area contributed by atoms with Crippen LogP contribution >= 0.6 is 0 Å². The number of anilines is 2. The van der Waals surface area contributed by atoms with E-state index in [1.807, 2.05) is 0 Å². The lowest BCUT2D eigenvalue weighted by Gasteiger charge is -2.23. The maximum atomic E-state index is 14.1. The molecule has 2 aromatic carbocycles. The first-order valence-corrected chi connectivity index (χ1v) is 6.58. The van der Waals surface area contributed by atoms with Gasteiger partial charge in [-0.1, -0.05) is 24.3 Å². The van der Waals surface area contributed by atoms with Gasteiger partial charge in [0.25, 0.3) is 5.91 Å². The molecule has 2 aromatic rings. The Labute approximate surface area is 122 Å². The van der Waals surface area contributed by atoms with Crippen molar-refractivity contribution in [2.24, 2.45) is 0 Å². The number of aliphatic hydroxyl groups is 1. The molecule has 0 saturated heterocycles. The summed E-state index contributed by atoms with van der Waals surface area (Å²) in [6.07, 6.45) is 0. The molecule has 21 heavy (non-hydrogen) atoms. The van der Waals surface area contributed by atoms with Crippen molar-refractivity contribution in [3.8, 4) is 0 Å². The van der Waals surface area contributed by atoms with Crippen LogP contribution in [0.2, 0.25) is 0 Å². The van der Waals surface area contributed by atoms with Crippen molar-refractivity contribution < 1.29 is 14.3 Å². The minimum Gasteiger partial charge on any atom is -0.397 e. The van der Waals surface area contributed by atoms with Crippen molar-refractivity contribution in [2.75, 3.05) is 23.8 Å². The van der Waals surface area contributed by atoms with Crippen molar-refractivity contribution in [1.82, 2.24) is 0 Å². The number of nitrogen functional groups attached to an aromatic ring is 1. The summed E-state index contributed by atoms with van der Waals surface area (Å²) < 4.78 is 14.1. The van der Waals surface area contributed by atoms with Crippen molar-refractivity contribution >= 4 is 17.3 Å². The van der Waals surface area contributed by atoms with E-state index in [1.165, 1.54) is 11.0 Å². The summed E-state index contributed by atoms with van der Waals surface area (Å²) in [5.41, 5.74) is 7.08. The number of nitrogens with zero attached hydrogens (tertiary/aromatic N) is 1. The Balaban J connectivity index is 2.46. The van der Waals surface area contributed by atoms with Gasteiger partial charge in [-0.15, -0.1) is 0 Å². The Bertz CT molecular complexity index is 658. The number of halogens is 1. The van der Waals surface area contributed by atoms with E-state index in [2.05, 4.69) is 0 Å². The van der Waals surface area contributed by atoms with E-state index in [4.69, 9.17) is 5.73 Å². The molecular formula is C16H17FN2O2. The smallest absolute Gasteiger partial charge is 0.261 e. The van der Waals surface area contributed by atoms with Gasteiger partial charge in [-0.2, -0.15) is 0 Å². The van der Waals surface area contributed by atoms with Gasteiger partial charge in [-0.05, 0) is 30.7 Å². The Morgan fingerprint density at radius 3 is 2.62 bits per heavy atom. The molecule has 0 unspecified atom stereocenters. The van der Waals surface area contributed by atoms with E-state index in [1.54, 1.807) is 43.3 Å². The first kappa shape index (κ1) is 15.0. The maximum Gasteiger partial charge on any atom is 0.261 e. The Morgan fingerprint density at radius 2 is 1.95 bits per heavy atom. The first-order valence-electron chi connectivity index (χ1n) is 6.58. The van der Waals surface area contributed by atoms with E-state index in [0.29, 0.717) is 16.9 Å². The van der Waals surface area contributed by atoms with Gasteiger partial charge in [-0.25, -0.2) is 4.39 Å². The number of carbonyl (C=O) groups is 1. The predicted octanol–water partition coefficient (Wildman–Crippen LogP) is 2.36. The second-order valence-corrected chi connectivity index (χ2v) is 4.68. The second-order valence-electron chi connectivity index (χ2n) is 4.68. The van der Waals surface area contributed by atoms with Crippen LogP contribution in [0.1, 0.15) is 15.9 Å². The van der Waals surface area contributed by atoms with Crippen LogP contribution in [0.4, 0.5) is 15.8 Å². The van der Waals surface area contributed by atoms with Gasteiger partial charge < -0.3 is 15.7 Å². The zero-order chi connectivity index (χ0) is 15.4. The number of carbonyl (C=O) groups excluding carboxylic acids is 1.